The van der Waals surface area contributed by atoms with Gasteiger partial charge >= 0.3 is 17.9 Å². The lowest BCUT2D eigenvalue weighted by Gasteiger charge is -2.25. The van der Waals surface area contributed by atoms with Gasteiger partial charge in [-0.15, -0.1) is 0 Å². The maximum absolute atomic E-state index is 11.8. The molecule has 128 valence electrons. The first-order valence-corrected chi connectivity index (χ1v) is 7.40. The molecule has 0 amide bonds. The van der Waals surface area contributed by atoms with Crippen LogP contribution in [0.4, 0.5) is 0 Å². The van der Waals surface area contributed by atoms with Crippen LogP contribution in [0.1, 0.15) is 33.6 Å². The van der Waals surface area contributed by atoms with Crippen LogP contribution < -0.4 is 0 Å². The molecule has 0 fully saturated rings. The predicted octanol–water partition coefficient (Wildman–Crippen LogP) is 1.05. The summed E-state index contributed by atoms with van der Waals surface area (Å²) in [5.74, 6) is -1.67. The van der Waals surface area contributed by atoms with Crippen molar-refractivity contribution in [2.45, 2.75) is 58.0 Å². The Hall–Kier alpha value is -2.15. The lowest BCUT2D eigenvalue weighted by molar-refractivity contribution is -0.163. The van der Waals surface area contributed by atoms with E-state index in [1.54, 1.807) is 13.8 Å². The minimum atomic E-state index is -1.11. The molecule has 0 radical (unpaired) electrons. The summed E-state index contributed by atoms with van der Waals surface area (Å²) in [4.78, 5) is 34.4. The lowest BCUT2D eigenvalue weighted by Crippen LogP contribution is -2.35. The van der Waals surface area contributed by atoms with Crippen LogP contribution in [0, 0.1) is 0 Å². The number of allylic oxidation sites excluding steroid dienone is 1. The summed E-state index contributed by atoms with van der Waals surface area (Å²) in [7, 11) is 0. The van der Waals surface area contributed by atoms with Crippen LogP contribution in [0.15, 0.2) is 24.3 Å². The van der Waals surface area contributed by atoms with Gasteiger partial charge in [0.1, 0.15) is 18.3 Å². The summed E-state index contributed by atoms with van der Waals surface area (Å²) < 4.78 is 15.4. The fourth-order valence-corrected chi connectivity index (χ4v) is 2.05. The Morgan fingerprint density at radius 2 is 2.04 bits per heavy atom. The van der Waals surface area contributed by atoms with Gasteiger partial charge < -0.3 is 19.3 Å². The maximum Gasteiger partial charge on any atom is 0.331 e. The van der Waals surface area contributed by atoms with Crippen molar-refractivity contribution in [3.05, 3.63) is 24.3 Å². The molecule has 0 saturated carbocycles. The summed E-state index contributed by atoms with van der Waals surface area (Å²) in [6, 6.07) is 0. The maximum atomic E-state index is 11.8. The third-order valence-electron chi connectivity index (χ3n) is 3.16. The van der Waals surface area contributed by atoms with Crippen LogP contribution >= 0.6 is 0 Å². The van der Waals surface area contributed by atoms with Crippen molar-refractivity contribution >= 4 is 17.9 Å². The van der Waals surface area contributed by atoms with E-state index in [4.69, 9.17) is 14.2 Å². The Kier molecular flexibility index (Phi) is 7.47. The molecule has 1 aliphatic rings. The molecular weight excluding hydrogens is 304 g/mol. The van der Waals surface area contributed by atoms with Gasteiger partial charge in [-0.05, 0) is 26.3 Å². The topological polar surface area (TPSA) is 99.1 Å². The van der Waals surface area contributed by atoms with Crippen molar-refractivity contribution in [2.75, 3.05) is 0 Å². The molecule has 1 N–H and O–H groups in total. The van der Waals surface area contributed by atoms with Crippen molar-refractivity contribution in [1.29, 1.82) is 0 Å². The predicted molar refractivity (Wildman–Crippen MR) is 80.2 cm³/mol. The zero-order valence-electron chi connectivity index (χ0n) is 13.4. The van der Waals surface area contributed by atoms with Crippen LogP contribution in [0.2, 0.25) is 0 Å². The summed E-state index contributed by atoms with van der Waals surface area (Å²) >= 11 is 0. The first-order valence-electron chi connectivity index (χ1n) is 7.40. The molecule has 4 atom stereocenters. The molecule has 0 aliphatic carbocycles. The minimum Gasteiger partial charge on any atom is -0.459 e. The smallest absolute Gasteiger partial charge is 0.331 e. The van der Waals surface area contributed by atoms with Gasteiger partial charge in [-0.2, -0.15) is 0 Å². The Bertz CT molecular complexity index is 495. The molecule has 0 unspecified atom stereocenters. The summed E-state index contributed by atoms with van der Waals surface area (Å²) in [6.07, 6.45) is 2.13. The van der Waals surface area contributed by atoms with Crippen LogP contribution in [-0.4, -0.2) is 47.4 Å². The molecule has 7 heteroatoms. The molecule has 1 aliphatic heterocycles. The highest BCUT2D eigenvalue weighted by Crippen LogP contribution is 2.16. The molecule has 0 aromatic heterocycles. The lowest BCUT2D eigenvalue weighted by atomic mass is 10.0. The van der Waals surface area contributed by atoms with E-state index >= 15 is 0 Å². The van der Waals surface area contributed by atoms with E-state index in [-0.39, 0.29) is 12.8 Å². The van der Waals surface area contributed by atoms with Crippen molar-refractivity contribution in [3.63, 3.8) is 0 Å². The number of hydrogen-bond donors (Lipinski definition) is 1. The first-order chi connectivity index (χ1) is 10.8. The summed E-state index contributed by atoms with van der Waals surface area (Å²) in [5, 5.41) is 10.1. The third-order valence-corrected chi connectivity index (χ3v) is 3.16. The monoisotopic (exact) mass is 326 g/mol. The molecule has 7 nitrogen and oxygen atoms in total. The Morgan fingerprint density at radius 1 is 1.35 bits per heavy atom. The standard InChI is InChI=1S/C16H22O7/c1-4-5-15(19)23-13-7-6-12(18)14(22-11(3)17)8-9-16(20)21-10(13)2/h4-7,10,12-14,18H,8-9H2,1-3H3/b5-4+,7-6+/t10-,12-,13+,14-/m1/s1. The molecule has 0 bridgehead atoms. The molecule has 0 aromatic rings. The van der Waals surface area contributed by atoms with Crippen LogP contribution in [0.25, 0.3) is 0 Å². The van der Waals surface area contributed by atoms with E-state index in [9.17, 15) is 19.5 Å². The van der Waals surface area contributed by atoms with Crippen LogP contribution in [0.5, 0.6) is 0 Å². The first kappa shape index (κ1) is 18.9. The highest BCUT2D eigenvalue weighted by Gasteiger charge is 2.27. The third kappa shape index (κ3) is 6.65. The quantitative estimate of drug-likeness (QED) is 0.358. The molecule has 0 spiro atoms. The highest BCUT2D eigenvalue weighted by molar-refractivity contribution is 5.82. The van der Waals surface area contributed by atoms with Gasteiger partial charge in [-0.3, -0.25) is 9.59 Å². The van der Waals surface area contributed by atoms with Gasteiger partial charge in [0, 0.05) is 19.4 Å². The number of carbonyl (C=O) groups excluding carboxylic acids is 3. The number of aliphatic hydroxyl groups is 1. The van der Waals surface area contributed by atoms with Crippen LogP contribution in [0.3, 0.4) is 0 Å². The van der Waals surface area contributed by atoms with Crippen molar-refractivity contribution in [1.82, 2.24) is 0 Å². The van der Waals surface area contributed by atoms with Crippen molar-refractivity contribution in [3.8, 4) is 0 Å². The largest absolute Gasteiger partial charge is 0.459 e. The summed E-state index contributed by atoms with van der Waals surface area (Å²) in [6.45, 7) is 4.48. The number of aliphatic hydroxyl groups excluding tert-OH is 1. The fourth-order valence-electron chi connectivity index (χ4n) is 2.05. The highest BCUT2D eigenvalue weighted by atomic mass is 16.6. The van der Waals surface area contributed by atoms with Crippen molar-refractivity contribution in [2.24, 2.45) is 0 Å². The number of rotatable bonds is 3. The normalized spacial score (nSPS) is 30.3. The van der Waals surface area contributed by atoms with Gasteiger partial charge in [0.2, 0.25) is 0 Å². The fraction of sp³-hybridized carbons (Fsp3) is 0.562. The van der Waals surface area contributed by atoms with Gasteiger partial charge in [0.05, 0.1) is 0 Å². The molecule has 0 saturated heterocycles. The number of hydrogen-bond acceptors (Lipinski definition) is 7. The molecule has 0 aromatic carbocycles. The Morgan fingerprint density at radius 3 is 2.65 bits per heavy atom. The number of esters is 3. The van der Waals surface area contributed by atoms with Gasteiger partial charge in [-0.1, -0.05) is 12.2 Å². The van der Waals surface area contributed by atoms with Crippen LogP contribution in [-0.2, 0) is 28.6 Å². The van der Waals surface area contributed by atoms with E-state index in [0.717, 1.165) is 0 Å². The molecule has 1 heterocycles. The average Bonchev–Trinajstić information content (AvgIpc) is 2.46. The average molecular weight is 326 g/mol. The van der Waals surface area contributed by atoms with E-state index in [2.05, 4.69) is 0 Å². The van der Waals surface area contributed by atoms with Crippen molar-refractivity contribution < 1.29 is 33.7 Å². The minimum absolute atomic E-state index is 0.0251. The molecule has 1 rings (SSSR count). The van der Waals surface area contributed by atoms with Gasteiger partial charge in [0.15, 0.2) is 6.10 Å². The van der Waals surface area contributed by atoms with Gasteiger partial charge in [-0.25, -0.2) is 4.79 Å². The Balaban J connectivity index is 2.93. The number of cyclic esters (lactones) is 1. The zero-order chi connectivity index (χ0) is 17.4. The van der Waals surface area contributed by atoms with E-state index in [1.807, 2.05) is 0 Å². The van der Waals surface area contributed by atoms with Gasteiger partial charge in [0.25, 0.3) is 0 Å². The Labute approximate surface area is 134 Å². The number of ether oxygens (including phenoxy) is 3. The second-order valence-corrected chi connectivity index (χ2v) is 5.16. The van der Waals surface area contributed by atoms with E-state index in [0.29, 0.717) is 0 Å². The van der Waals surface area contributed by atoms with E-state index < -0.39 is 42.3 Å². The second-order valence-electron chi connectivity index (χ2n) is 5.16. The summed E-state index contributed by atoms with van der Waals surface area (Å²) in [5.41, 5.74) is 0. The second kappa shape index (κ2) is 9.09. The number of carbonyl (C=O) groups is 3. The SMILES string of the molecule is C/C=C/C(=O)O[C@H]1/C=C/[C@@H](O)[C@H](OC(C)=O)CCC(=O)O[C@@H]1C. The molecule has 23 heavy (non-hydrogen) atoms. The van der Waals surface area contributed by atoms with E-state index in [1.165, 1.54) is 31.2 Å². The molecular formula is C16H22O7. The zero-order valence-corrected chi connectivity index (χ0v) is 13.4.